The van der Waals surface area contributed by atoms with Gasteiger partial charge in [-0.1, -0.05) is 30.3 Å². The molecule has 0 aliphatic rings. The Balaban J connectivity index is 2.09. The molecule has 0 saturated heterocycles. The van der Waals surface area contributed by atoms with Crippen LogP contribution in [0.1, 0.15) is 11.6 Å². The number of carbonyl (C=O) groups is 1. The third kappa shape index (κ3) is 3.90. The van der Waals surface area contributed by atoms with E-state index in [1.807, 2.05) is 6.07 Å². The molecule has 1 heterocycles. The van der Waals surface area contributed by atoms with Crippen molar-refractivity contribution in [3.05, 3.63) is 68.7 Å². The number of nitrogens with one attached hydrogen (secondary N) is 2. The highest BCUT2D eigenvalue weighted by Crippen LogP contribution is 2.11. The quantitative estimate of drug-likeness (QED) is 0.682. The van der Waals surface area contributed by atoms with Crippen molar-refractivity contribution in [2.24, 2.45) is 0 Å². The zero-order valence-corrected chi connectivity index (χ0v) is 11.2. The van der Waals surface area contributed by atoms with Crippen LogP contribution in [0.4, 0.5) is 0 Å². The van der Waals surface area contributed by atoms with Crippen molar-refractivity contribution in [1.82, 2.24) is 15.1 Å². The second-order valence-electron chi connectivity index (χ2n) is 4.45. The molecule has 2 aromatic rings. The van der Waals surface area contributed by atoms with Gasteiger partial charge in [0.05, 0.1) is 12.6 Å². The minimum absolute atomic E-state index is 0.268. The highest BCUT2D eigenvalue weighted by molar-refractivity contribution is 5.76. The van der Waals surface area contributed by atoms with Gasteiger partial charge in [-0.05, 0) is 5.56 Å². The molecule has 0 fully saturated rings. The molecular weight excluding hydrogens is 274 g/mol. The zero-order chi connectivity index (χ0) is 15.2. The van der Waals surface area contributed by atoms with Crippen LogP contribution in [-0.4, -0.2) is 27.4 Å². The molecule has 1 atom stereocenters. The lowest BCUT2D eigenvalue weighted by Gasteiger charge is -2.17. The van der Waals surface area contributed by atoms with Crippen molar-refractivity contribution < 1.29 is 9.90 Å². The molecule has 7 nitrogen and oxygen atoms in total. The van der Waals surface area contributed by atoms with Crippen LogP contribution in [0.3, 0.4) is 0 Å². The molecule has 1 aromatic heterocycles. The van der Waals surface area contributed by atoms with E-state index in [-0.39, 0.29) is 13.2 Å². The molecule has 0 saturated carbocycles. The Morgan fingerprint density at radius 2 is 1.90 bits per heavy atom. The monoisotopic (exact) mass is 289 g/mol. The molecule has 110 valence electrons. The Bertz CT molecular complexity index is 721. The standard InChI is InChI=1S/C14H15N3O4/c18-9-11(10-4-2-1-3-5-10)15-13(20)8-17-14(21)7-6-12(19)16-17/h1-7,11,18H,8-9H2,(H,15,20)(H,16,19)/t11-/m1/s1. The number of aliphatic hydroxyl groups is 1. The van der Waals surface area contributed by atoms with E-state index in [0.717, 1.165) is 22.4 Å². The first kappa shape index (κ1) is 14.7. The lowest BCUT2D eigenvalue weighted by Crippen LogP contribution is -2.38. The Hall–Kier alpha value is -2.67. The second-order valence-corrected chi connectivity index (χ2v) is 4.45. The Kier molecular flexibility index (Phi) is 4.68. The molecule has 0 aliphatic heterocycles. The van der Waals surface area contributed by atoms with Crippen molar-refractivity contribution in [2.75, 3.05) is 6.61 Å². The van der Waals surface area contributed by atoms with Gasteiger partial charge >= 0.3 is 0 Å². The normalized spacial score (nSPS) is 11.9. The molecule has 0 bridgehead atoms. The zero-order valence-electron chi connectivity index (χ0n) is 11.2. The summed E-state index contributed by atoms with van der Waals surface area (Å²) in [5.41, 5.74) is -0.198. The molecule has 2 rings (SSSR count). The predicted octanol–water partition coefficient (Wildman–Crippen LogP) is -0.614. The first-order valence-electron chi connectivity index (χ1n) is 6.35. The second kappa shape index (κ2) is 6.67. The fourth-order valence-corrected chi connectivity index (χ4v) is 1.88. The molecule has 7 heteroatoms. The van der Waals surface area contributed by atoms with Crippen molar-refractivity contribution >= 4 is 5.91 Å². The number of carbonyl (C=O) groups excluding carboxylic acids is 1. The third-order valence-corrected chi connectivity index (χ3v) is 2.91. The van der Waals surface area contributed by atoms with E-state index in [9.17, 15) is 19.5 Å². The number of nitrogens with zero attached hydrogens (tertiary/aromatic N) is 1. The molecule has 0 aliphatic carbocycles. The summed E-state index contributed by atoms with van der Waals surface area (Å²) in [6.07, 6.45) is 0. The minimum Gasteiger partial charge on any atom is -0.394 e. The average molecular weight is 289 g/mol. The maximum absolute atomic E-state index is 11.9. The minimum atomic E-state index is -0.565. The van der Waals surface area contributed by atoms with E-state index >= 15 is 0 Å². The van der Waals surface area contributed by atoms with Gasteiger partial charge in [0.1, 0.15) is 6.54 Å². The van der Waals surface area contributed by atoms with E-state index in [0.29, 0.717) is 0 Å². The number of rotatable bonds is 5. The van der Waals surface area contributed by atoms with Crippen LogP contribution in [0.2, 0.25) is 0 Å². The Morgan fingerprint density at radius 1 is 1.19 bits per heavy atom. The number of H-pyrrole nitrogens is 1. The number of amides is 1. The number of aliphatic hydroxyl groups excluding tert-OH is 1. The number of benzene rings is 1. The lowest BCUT2D eigenvalue weighted by atomic mass is 10.1. The summed E-state index contributed by atoms with van der Waals surface area (Å²) in [6, 6.07) is 10.6. The Labute approximate surface area is 119 Å². The largest absolute Gasteiger partial charge is 0.394 e. The van der Waals surface area contributed by atoms with Gasteiger partial charge in [0.25, 0.3) is 11.1 Å². The van der Waals surface area contributed by atoms with E-state index in [2.05, 4.69) is 10.4 Å². The van der Waals surface area contributed by atoms with Gasteiger partial charge in [-0.15, -0.1) is 0 Å². The van der Waals surface area contributed by atoms with Crippen LogP contribution < -0.4 is 16.4 Å². The van der Waals surface area contributed by atoms with Gasteiger partial charge < -0.3 is 10.4 Å². The van der Waals surface area contributed by atoms with Gasteiger partial charge in [0.15, 0.2) is 0 Å². The van der Waals surface area contributed by atoms with Crippen LogP contribution in [0.15, 0.2) is 52.1 Å². The fraction of sp³-hybridized carbons (Fsp3) is 0.214. The van der Waals surface area contributed by atoms with E-state index in [1.54, 1.807) is 24.3 Å². The number of aromatic amines is 1. The maximum Gasteiger partial charge on any atom is 0.265 e. The molecule has 0 spiro atoms. The molecule has 0 radical (unpaired) electrons. The molecule has 1 amide bonds. The first-order chi connectivity index (χ1) is 10.1. The maximum atomic E-state index is 11.9. The topological polar surface area (TPSA) is 104 Å². The SMILES string of the molecule is O=C(Cn1[nH]c(=O)ccc1=O)N[C@H](CO)c1ccccc1. The van der Waals surface area contributed by atoms with Gasteiger partial charge in [0.2, 0.25) is 5.91 Å². The van der Waals surface area contributed by atoms with E-state index < -0.39 is 23.1 Å². The highest BCUT2D eigenvalue weighted by atomic mass is 16.3. The van der Waals surface area contributed by atoms with Gasteiger partial charge in [-0.25, -0.2) is 4.68 Å². The van der Waals surface area contributed by atoms with Gasteiger partial charge in [-0.2, -0.15) is 0 Å². The summed E-state index contributed by atoms with van der Waals surface area (Å²) in [6.45, 7) is -0.589. The summed E-state index contributed by atoms with van der Waals surface area (Å²) < 4.78 is 0.914. The number of aromatic nitrogens is 2. The van der Waals surface area contributed by atoms with Crippen molar-refractivity contribution in [2.45, 2.75) is 12.6 Å². The van der Waals surface area contributed by atoms with E-state index in [4.69, 9.17) is 0 Å². The van der Waals surface area contributed by atoms with Crippen LogP contribution in [-0.2, 0) is 11.3 Å². The summed E-state index contributed by atoms with van der Waals surface area (Å²) in [4.78, 5) is 34.5. The molecule has 3 N–H and O–H groups in total. The molecular formula is C14H15N3O4. The van der Waals surface area contributed by atoms with Crippen LogP contribution >= 0.6 is 0 Å². The van der Waals surface area contributed by atoms with E-state index in [1.165, 1.54) is 0 Å². The van der Waals surface area contributed by atoms with Crippen LogP contribution in [0.5, 0.6) is 0 Å². The van der Waals surface area contributed by atoms with Crippen LogP contribution in [0, 0.1) is 0 Å². The van der Waals surface area contributed by atoms with Gasteiger partial charge in [0, 0.05) is 12.1 Å². The smallest absolute Gasteiger partial charge is 0.265 e. The van der Waals surface area contributed by atoms with Crippen molar-refractivity contribution in [1.29, 1.82) is 0 Å². The summed E-state index contributed by atoms with van der Waals surface area (Å²) in [5.74, 6) is -0.484. The van der Waals surface area contributed by atoms with Crippen molar-refractivity contribution in [3.63, 3.8) is 0 Å². The van der Waals surface area contributed by atoms with Crippen molar-refractivity contribution in [3.8, 4) is 0 Å². The third-order valence-electron chi connectivity index (χ3n) is 2.91. The molecule has 1 aromatic carbocycles. The number of hydrogen-bond donors (Lipinski definition) is 3. The summed E-state index contributed by atoms with van der Waals surface area (Å²) >= 11 is 0. The Morgan fingerprint density at radius 3 is 2.57 bits per heavy atom. The fourth-order valence-electron chi connectivity index (χ4n) is 1.88. The average Bonchev–Trinajstić information content (AvgIpc) is 2.49. The molecule has 21 heavy (non-hydrogen) atoms. The number of hydrogen-bond acceptors (Lipinski definition) is 4. The summed E-state index contributed by atoms with van der Waals surface area (Å²) in [7, 11) is 0. The predicted molar refractivity (Wildman–Crippen MR) is 75.7 cm³/mol. The highest BCUT2D eigenvalue weighted by Gasteiger charge is 2.14. The lowest BCUT2D eigenvalue weighted by molar-refractivity contribution is -0.123. The first-order valence-corrected chi connectivity index (χ1v) is 6.35. The summed E-state index contributed by atoms with van der Waals surface area (Å²) in [5, 5.41) is 14.2. The molecule has 0 unspecified atom stereocenters. The van der Waals surface area contributed by atoms with Crippen LogP contribution in [0.25, 0.3) is 0 Å². The van der Waals surface area contributed by atoms with Gasteiger partial charge in [-0.3, -0.25) is 19.5 Å².